The van der Waals surface area contributed by atoms with Gasteiger partial charge in [-0.1, -0.05) is 29.3 Å². The number of nitrogens with two attached hydrogens (primary N) is 1. The van der Waals surface area contributed by atoms with E-state index in [-0.39, 0.29) is 17.2 Å². The summed E-state index contributed by atoms with van der Waals surface area (Å²) in [6.45, 7) is 0. The summed E-state index contributed by atoms with van der Waals surface area (Å²) in [7, 11) is 0. The highest BCUT2D eigenvalue weighted by molar-refractivity contribution is 7.78. The fourth-order valence-electron chi connectivity index (χ4n) is 2.29. The zero-order valence-electron chi connectivity index (χ0n) is 13.5. The number of phenolic OH excluding ortho intramolecular Hbond substituents is 1. The highest BCUT2D eigenvalue weighted by Gasteiger charge is 2.06. The summed E-state index contributed by atoms with van der Waals surface area (Å²) in [4.78, 5) is 8.47. The van der Waals surface area contributed by atoms with Crippen LogP contribution in [0.25, 0.3) is 0 Å². The first kappa shape index (κ1) is 17.6. The topological polar surface area (TPSA) is 136 Å². The predicted molar refractivity (Wildman–Crippen MR) is 100 cm³/mol. The zero-order valence-corrected chi connectivity index (χ0v) is 14.4. The molecule has 0 fully saturated rings. The van der Waals surface area contributed by atoms with Crippen LogP contribution in [0.2, 0.25) is 0 Å². The second-order valence-electron chi connectivity index (χ2n) is 5.40. The Balaban J connectivity index is 1.77. The molecule has 0 aliphatic heterocycles. The molecule has 0 saturated heterocycles. The van der Waals surface area contributed by atoms with Gasteiger partial charge in [0.05, 0.1) is 11.4 Å². The van der Waals surface area contributed by atoms with Gasteiger partial charge in [-0.3, -0.25) is 4.21 Å². The first-order valence-electron chi connectivity index (χ1n) is 7.60. The number of nitrogen functional groups attached to an aromatic ring is 1. The lowest BCUT2D eigenvalue weighted by atomic mass is 10.2. The Morgan fingerprint density at radius 2 is 1.96 bits per heavy atom. The van der Waals surface area contributed by atoms with E-state index in [1.807, 2.05) is 0 Å². The van der Waals surface area contributed by atoms with Crippen LogP contribution in [0, 0.1) is 0 Å². The van der Waals surface area contributed by atoms with E-state index in [9.17, 15) is 13.9 Å². The smallest absolute Gasteiger partial charge is 0.229 e. The number of hydrogen-bond donors (Lipinski definition) is 4. The highest BCUT2D eigenvalue weighted by atomic mass is 32.2. The largest absolute Gasteiger partial charge is 0.772 e. The lowest BCUT2D eigenvalue weighted by Gasteiger charge is -2.11. The summed E-state index contributed by atoms with van der Waals surface area (Å²) in [6.07, 6.45) is 1.56. The van der Waals surface area contributed by atoms with Crippen LogP contribution in [-0.4, -0.2) is 23.8 Å². The van der Waals surface area contributed by atoms with Crippen LogP contribution < -0.4 is 16.4 Å². The maximum absolute atomic E-state index is 10.8. The summed E-state index contributed by atoms with van der Waals surface area (Å²) in [5.74, 6) is 0.732. The third kappa shape index (κ3) is 4.47. The van der Waals surface area contributed by atoms with E-state index in [2.05, 4.69) is 20.6 Å². The van der Waals surface area contributed by atoms with Crippen molar-refractivity contribution in [2.75, 3.05) is 16.4 Å². The van der Waals surface area contributed by atoms with Crippen LogP contribution in [0.4, 0.5) is 28.8 Å². The van der Waals surface area contributed by atoms with Crippen LogP contribution in [0.15, 0.2) is 54.7 Å². The van der Waals surface area contributed by atoms with E-state index < -0.39 is 11.1 Å². The number of benzene rings is 2. The van der Waals surface area contributed by atoms with Crippen molar-refractivity contribution in [3.05, 3.63) is 60.3 Å². The van der Waals surface area contributed by atoms with E-state index in [0.29, 0.717) is 28.7 Å². The molecule has 3 rings (SSSR count). The molecule has 26 heavy (non-hydrogen) atoms. The van der Waals surface area contributed by atoms with E-state index in [0.717, 1.165) is 0 Å². The molecule has 0 aliphatic rings. The van der Waals surface area contributed by atoms with Crippen molar-refractivity contribution in [2.45, 2.75) is 5.75 Å². The van der Waals surface area contributed by atoms with Gasteiger partial charge in [-0.25, -0.2) is 4.98 Å². The number of aromatic hydroxyl groups is 1. The fourth-order valence-corrected chi connectivity index (χ4v) is 2.74. The Kier molecular flexibility index (Phi) is 5.30. The minimum atomic E-state index is -2.15. The molecule has 134 valence electrons. The summed E-state index contributed by atoms with van der Waals surface area (Å²) in [5, 5.41) is 15.7. The maximum atomic E-state index is 10.8. The SMILES string of the molecule is Nc1c(O)cccc1Nc1ccnc(Nc2cccc(CS(=O)[O-])c2)n1. The molecular weight excluding hydrogens is 354 g/mol. The van der Waals surface area contributed by atoms with Gasteiger partial charge in [-0.2, -0.15) is 4.98 Å². The fraction of sp³-hybridized carbons (Fsp3) is 0.0588. The lowest BCUT2D eigenvalue weighted by molar-refractivity contribution is 0.478. The third-order valence-electron chi connectivity index (χ3n) is 3.47. The summed E-state index contributed by atoms with van der Waals surface area (Å²) < 4.78 is 21.7. The van der Waals surface area contributed by atoms with Crippen LogP contribution >= 0.6 is 0 Å². The first-order chi connectivity index (χ1) is 12.5. The van der Waals surface area contributed by atoms with Gasteiger partial charge in [0.15, 0.2) is 0 Å². The Labute approximate surface area is 152 Å². The molecule has 2 aromatic carbocycles. The van der Waals surface area contributed by atoms with Crippen molar-refractivity contribution in [3.63, 3.8) is 0 Å². The molecule has 0 amide bonds. The first-order valence-corrected chi connectivity index (χ1v) is 8.85. The maximum Gasteiger partial charge on any atom is 0.229 e. The van der Waals surface area contributed by atoms with Gasteiger partial charge in [-0.15, -0.1) is 0 Å². The van der Waals surface area contributed by atoms with E-state index in [1.54, 1.807) is 48.7 Å². The molecule has 0 radical (unpaired) electrons. The number of nitrogens with zero attached hydrogens (tertiary/aromatic N) is 2. The molecule has 5 N–H and O–H groups in total. The summed E-state index contributed by atoms with van der Waals surface area (Å²) in [6, 6.07) is 13.5. The Morgan fingerprint density at radius 1 is 1.15 bits per heavy atom. The molecule has 1 heterocycles. The number of phenols is 1. The highest BCUT2D eigenvalue weighted by Crippen LogP contribution is 2.30. The average molecular weight is 370 g/mol. The molecule has 1 unspecified atom stereocenters. The normalized spacial score (nSPS) is 11.7. The van der Waals surface area contributed by atoms with Crippen LogP contribution in [0.1, 0.15) is 5.56 Å². The monoisotopic (exact) mass is 370 g/mol. The van der Waals surface area contributed by atoms with Crippen molar-refractivity contribution in [2.24, 2.45) is 0 Å². The zero-order chi connectivity index (χ0) is 18.5. The number of nitrogens with one attached hydrogen (secondary N) is 2. The van der Waals surface area contributed by atoms with E-state index in [4.69, 9.17) is 5.73 Å². The molecule has 9 heteroatoms. The minimum absolute atomic E-state index is 0.0185. The molecule has 0 aliphatic carbocycles. The summed E-state index contributed by atoms with van der Waals surface area (Å²) >= 11 is -2.15. The molecule has 0 spiro atoms. The van der Waals surface area contributed by atoms with Gasteiger partial charge >= 0.3 is 0 Å². The van der Waals surface area contributed by atoms with Crippen molar-refractivity contribution >= 4 is 39.9 Å². The number of para-hydroxylation sites is 1. The second kappa shape index (κ2) is 7.81. The average Bonchev–Trinajstić information content (AvgIpc) is 2.59. The van der Waals surface area contributed by atoms with Crippen molar-refractivity contribution in [1.29, 1.82) is 0 Å². The van der Waals surface area contributed by atoms with Crippen molar-refractivity contribution in [1.82, 2.24) is 9.97 Å². The van der Waals surface area contributed by atoms with Gasteiger partial charge in [0.1, 0.15) is 11.6 Å². The van der Waals surface area contributed by atoms with Gasteiger partial charge in [-0.05, 0) is 35.9 Å². The van der Waals surface area contributed by atoms with Crippen LogP contribution in [0.5, 0.6) is 5.75 Å². The number of hydrogen-bond acceptors (Lipinski definition) is 8. The standard InChI is InChI=1S/C17H17N5O3S/c18-16-13(5-2-6-14(16)23)21-15-7-8-19-17(22-15)20-12-4-1-3-11(9-12)10-26(24)25/h1-9,23H,10,18H2,(H,24,25)(H2,19,20,21,22)/p-1. The van der Waals surface area contributed by atoms with Crippen LogP contribution in [-0.2, 0) is 16.8 Å². The molecule has 1 aromatic heterocycles. The number of anilines is 5. The van der Waals surface area contributed by atoms with E-state index in [1.165, 1.54) is 6.07 Å². The van der Waals surface area contributed by atoms with Crippen molar-refractivity contribution < 1.29 is 13.9 Å². The molecule has 3 aromatic rings. The van der Waals surface area contributed by atoms with Gasteiger partial charge < -0.3 is 26.0 Å². The predicted octanol–water partition coefficient (Wildman–Crippen LogP) is 2.63. The number of rotatable bonds is 6. The van der Waals surface area contributed by atoms with E-state index >= 15 is 0 Å². The third-order valence-corrected chi connectivity index (χ3v) is 4.04. The second-order valence-corrected chi connectivity index (χ2v) is 6.30. The van der Waals surface area contributed by atoms with Gasteiger partial charge in [0, 0.05) is 17.6 Å². The van der Waals surface area contributed by atoms with Crippen molar-refractivity contribution in [3.8, 4) is 5.75 Å². The summed E-state index contributed by atoms with van der Waals surface area (Å²) in [5.41, 5.74) is 7.90. The number of aromatic nitrogens is 2. The molecule has 1 atom stereocenters. The van der Waals surface area contributed by atoms with Gasteiger partial charge in [0.2, 0.25) is 5.95 Å². The lowest BCUT2D eigenvalue weighted by Crippen LogP contribution is -2.02. The molecule has 8 nitrogen and oxygen atoms in total. The Hall–Kier alpha value is -3.17. The Bertz CT molecular complexity index is 951. The minimum Gasteiger partial charge on any atom is -0.772 e. The van der Waals surface area contributed by atoms with Gasteiger partial charge in [0.25, 0.3) is 0 Å². The van der Waals surface area contributed by atoms with Crippen LogP contribution in [0.3, 0.4) is 0 Å². The Morgan fingerprint density at radius 3 is 2.77 bits per heavy atom. The molecule has 0 bridgehead atoms. The molecule has 0 saturated carbocycles. The molecular formula is C17H16N5O3S-. The quantitative estimate of drug-likeness (QED) is 0.295.